The van der Waals surface area contributed by atoms with Gasteiger partial charge in [-0.2, -0.15) is 5.10 Å². The Kier molecular flexibility index (Phi) is 6.08. The van der Waals surface area contributed by atoms with Crippen LogP contribution in [0.15, 0.2) is 6.07 Å². The summed E-state index contributed by atoms with van der Waals surface area (Å²) in [7, 11) is 1.86. The van der Waals surface area contributed by atoms with E-state index in [-0.39, 0.29) is 30.3 Å². The van der Waals surface area contributed by atoms with Gasteiger partial charge in [0.15, 0.2) is 0 Å². The summed E-state index contributed by atoms with van der Waals surface area (Å²) in [4.78, 5) is 26.2. The first-order valence-corrected chi connectivity index (χ1v) is 8.96. The highest BCUT2D eigenvalue weighted by molar-refractivity contribution is 7.20. The van der Waals surface area contributed by atoms with Crippen molar-refractivity contribution in [2.24, 2.45) is 18.7 Å². The minimum absolute atomic E-state index is 0. The Hall–Kier alpha value is -1.64. The number of nitrogens with two attached hydrogens (primary N) is 1. The minimum atomic E-state index is -0.602. The fraction of sp³-hybridized carbons (Fsp3) is 0.562. The first-order chi connectivity index (χ1) is 11.4. The van der Waals surface area contributed by atoms with E-state index in [1.807, 2.05) is 20.0 Å². The lowest BCUT2D eigenvalue weighted by Gasteiger charge is -2.19. The van der Waals surface area contributed by atoms with Crippen molar-refractivity contribution in [2.45, 2.75) is 38.8 Å². The predicted molar refractivity (Wildman–Crippen MR) is 101 cm³/mol. The predicted octanol–water partition coefficient (Wildman–Crippen LogP) is 1.34. The van der Waals surface area contributed by atoms with Crippen molar-refractivity contribution in [2.75, 3.05) is 6.54 Å². The van der Waals surface area contributed by atoms with Gasteiger partial charge in [-0.25, -0.2) is 0 Å². The van der Waals surface area contributed by atoms with E-state index in [2.05, 4.69) is 15.7 Å². The standard InChI is InChI=1S/C16H23N5O2S.ClH/c1-8-11-6-13(24-16(11)21(3)20-8)15(23)18-9(2)14(22)19-12(7-17)10-4-5-10;/h6,9-10,12H,4-5,7,17H2,1-3H3,(H,18,23)(H,19,22);1H. The normalized spacial score (nSPS) is 16.2. The smallest absolute Gasteiger partial charge is 0.262 e. The highest BCUT2D eigenvalue weighted by Crippen LogP contribution is 2.32. The van der Waals surface area contributed by atoms with E-state index < -0.39 is 6.04 Å². The number of thiophene rings is 1. The topological polar surface area (TPSA) is 102 Å². The number of rotatable bonds is 6. The van der Waals surface area contributed by atoms with E-state index in [0.717, 1.165) is 28.8 Å². The fourth-order valence-corrected chi connectivity index (χ4v) is 3.85. The molecule has 2 unspecified atom stereocenters. The zero-order chi connectivity index (χ0) is 17.4. The second-order valence-electron chi connectivity index (χ2n) is 6.42. The monoisotopic (exact) mass is 385 g/mol. The average molecular weight is 386 g/mol. The molecule has 0 aromatic carbocycles. The maximum Gasteiger partial charge on any atom is 0.262 e. The molecule has 1 fully saturated rings. The van der Waals surface area contributed by atoms with Gasteiger partial charge in [-0.1, -0.05) is 0 Å². The van der Waals surface area contributed by atoms with Gasteiger partial charge in [-0.05, 0) is 38.7 Å². The molecule has 2 atom stereocenters. The van der Waals surface area contributed by atoms with E-state index in [1.165, 1.54) is 11.3 Å². The third kappa shape index (κ3) is 4.13. The van der Waals surface area contributed by atoms with Crippen LogP contribution in [0.2, 0.25) is 0 Å². The van der Waals surface area contributed by atoms with E-state index in [0.29, 0.717) is 17.3 Å². The highest BCUT2D eigenvalue weighted by Gasteiger charge is 2.32. The van der Waals surface area contributed by atoms with Crippen LogP contribution in [-0.4, -0.2) is 40.2 Å². The maximum absolute atomic E-state index is 12.4. The quantitative estimate of drug-likeness (QED) is 0.698. The van der Waals surface area contributed by atoms with Crippen LogP contribution in [0, 0.1) is 12.8 Å². The molecule has 3 rings (SSSR count). The third-order valence-corrected chi connectivity index (χ3v) is 5.63. The molecule has 25 heavy (non-hydrogen) atoms. The first-order valence-electron chi connectivity index (χ1n) is 8.15. The Morgan fingerprint density at radius 3 is 2.68 bits per heavy atom. The van der Waals surface area contributed by atoms with Gasteiger partial charge in [0.05, 0.1) is 10.6 Å². The highest BCUT2D eigenvalue weighted by atomic mass is 35.5. The SMILES string of the molecule is Cc1nn(C)c2sc(C(=O)NC(C)C(=O)NC(CN)C3CC3)cc12.Cl. The molecule has 2 aromatic heterocycles. The van der Waals surface area contributed by atoms with E-state index in [9.17, 15) is 9.59 Å². The Morgan fingerprint density at radius 2 is 2.12 bits per heavy atom. The van der Waals surface area contributed by atoms with Crippen molar-refractivity contribution in [3.63, 3.8) is 0 Å². The van der Waals surface area contributed by atoms with Gasteiger partial charge in [0.2, 0.25) is 5.91 Å². The summed E-state index contributed by atoms with van der Waals surface area (Å²) in [6, 6.07) is 1.24. The van der Waals surface area contributed by atoms with Gasteiger partial charge in [0.25, 0.3) is 5.91 Å². The molecule has 4 N–H and O–H groups in total. The zero-order valence-corrected chi connectivity index (χ0v) is 16.2. The van der Waals surface area contributed by atoms with Crippen LogP contribution in [0.25, 0.3) is 10.2 Å². The number of halogens is 1. The van der Waals surface area contributed by atoms with E-state index in [4.69, 9.17) is 5.73 Å². The molecular weight excluding hydrogens is 362 g/mol. The number of nitrogens with zero attached hydrogens (tertiary/aromatic N) is 2. The van der Waals surface area contributed by atoms with E-state index >= 15 is 0 Å². The lowest BCUT2D eigenvalue weighted by atomic mass is 10.1. The molecule has 2 amide bonds. The zero-order valence-electron chi connectivity index (χ0n) is 14.5. The molecular formula is C16H24ClN5O2S. The lowest BCUT2D eigenvalue weighted by Crippen LogP contribution is -2.50. The van der Waals surface area contributed by atoms with Crippen LogP contribution in [0.4, 0.5) is 0 Å². The molecule has 7 nitrogen and oxygen atoms in total. The van der Waals surface area contributed by atoms with Crippen LogP contribution in [-0.2, 0) is 11.8 Å². The second kappa shape index (κ2) is 7.72. The van der Waals surface area contributed by atoms with Gasteiger partial charge in [0.1, 0.15) is 10.9 Å². The summed E-state index contributed by atoms with van der Waals surface area (Å²) in [5, 5.41) is 11.0. The van der Waals surface area contributed by atoms with Crippen LogP contribution in [0.3, 0.4) is 0 Å². The molecule has 0 saturated heterocycles. The molecule has 1 aliphatic carbocycles. The van der Waals surface area contributed by atoms with Crippen LogP contribution < -0.4 is 16.4 Å². The Bertz CT molecular complexity index is 748. The molecule has 0 radical (unpaired) electrons. The number of amides is 2. The Labute approximate surface area is 156 Å². The van der Waals surface area contributed by atoms with Gasteiger partial charge >= 0.3 is 0 Å². The number of hydrogen-bond acceptors (Lipinski definition) is 5. The average Bonchev–Trinajstić information content (AvgIpc) is 3.21. The van der Waals surface area contributed by atoms with Crippen molar-refractivity contribution >= 4 is 45.8 Å². The van der Waals surface area contributed by atoms with Gasteiger partial charge in [-0.15, -0.1) is 23.7 Å². The number of carbonyl (C=O) groups excluding carboxylic acids is 2. The summed E-state index contributed by atoms with van der Waals surface area (Å²) in [5.74, 6) is 0.0542. The minimum Gasteiger partial charge on any atom is -0.350 e. The van der Waals surface area contributed by atoms with Crippen molar-refractivity contribution in [1.29, 1.82) is 0 Å². The second-order valence-corrected chi connectivity index (χ2v) is 7.45. The number of fused-ring (bicyclic) bond motifs is 1. The summed E-state index contributed by atoms with van der Waals surface area (Å²) in [6.07, 6.45) is 2.22. The first kappa shape index (κ1) is 19.7. The fourth-order valence-electron chi connectivity index (χ4n) is 2.83. The number of aromatic nitrogens is 2. The van der Waals surface area contributed by atoms with Gasteiger partial charge in [-0.3, -0.25) is 14.3 Å². The van der Waals surface area contributed by atoms with Crippen LogP contribution >= 0.6 is 23.7 Å². The van der Waals surface area contributed by atoms with Gasteiger partial charge < -0.3 is 16.4 Å². The van der Waals surface area contributed by atoms with Crippen molar-refractivity contribution in [3.05, 3.63) is 16.6 Å². The van der Waals surface area contributed by atoms with Crippen molar-refractivity contribution < 1.29 is 9.59 Å². The number of nitrogens with one attached hydrogen (secondary N) is 2. The lowest BCUT2D eigenvalue weighted by molar-refractivity contribution is -0.123. The Morgan fingerprint density at radius 1 is 1.44 bits per heavy atom. The third-order valence-electron chi connectivity index (χ3n) is 4.43. The molecule has 1 saturated carbocycles. The number of carbonyl (C=O) groups is 2. The van der Waals surface area contributed by atoms with E-state index in [1.54, 1.807) is 11.6 Å². The molecule has 1 aliphatic rings. The molecule has 0 bridgehead atoms. The molecule has 2 aromatic rings. The molecule has 9 heteroatoms. The largest absolute Gasteiger partial charge is 0.350 e. The van der Waals surface area contributed by atoms with Gasteiger partial charge in [0, 0.05) is 25.0 Å². The van der Waals surface area contributed by atoms with Crippen LogP contribution in [0.5, 0.6) is 0 Å². The van der Waals surface area contributed by atoms with Crippen LogP contribution in [0.1, 0.15) is 35.1 Å². The summed E-state index contributed by atoms with van der Waals surface area (Å²) < 4.78 is 1.77. The number of aryl methyl sites for hydroxylation is 2. The summed E-state index contributed by atoms with van der Waals surface area (Å²) in [5.41, 5.74) is 6.60. The summed E-state index contributed by atoms with van der Waals surface area (Å²) in [6.45, 7) is 4.03. The van der Waals surface area contributed by atoms with Crippen molar-refractivity contribution in [3.8, 4) is 0 Å². The molecule has 2 heterocycles. The maximum atomic E-state index is 12.4. The Balaban J connectivity index is 0.00000225. The molecule has 0 aliphatic heterocycles. The van der Waals surface area contributed by atoms with Crippen molar-refractivity contribution in [1.82, 2.24) is 20.4 Å². The molecule has 138 valence electrons. The summed E-state index contributed by atoms with van der Waals surface area (Å²) >= 11 is 1.38. The molecule has 0 spiro atoms. The number of hydrogen-bond donors (Lipinski definition) is 3.